The highest BCUT2D eigenvalue weighted by Gasteiger charge is 2.34. The molecule has 0 bridgehead atoms. The zero-order valence-electron chi connectivity index (χ0n) is 15.3. The molecule has 1 aliphatic heterocycles. The molecule has 2 amide bonds. The number of nitro groups is 1. The molecule has 1 unspecified atom stereocenters. The van der Waals surface area contributed by atoms with Gasteiger partial charge in [-0.3, -0.25) is 19.7 Å². The summed E-state index contributed by atoms with van der Waals surface area (Å²) in [6.07, 6.45) is -4.88. The van der Waals surface area contributed by atoms with Gasteiger partial charge in [0.1, 0.15) is 11.4 Å². The van der Waals surface area contributed by atoms with Gasteiger partial charge in [-0.05, 0) is 30.3 Å². The van der Waals surface area contributed by atoms with Crippen LogP contribution in [0.4, 0.5) is 30.2 Å². The van der Waals surface area contributed by atoms with Crippen LogP contribution in [-0.2, 0) is 15.8 Å². The summed E-state index contributed by atoms with van der Waals surface area (Å²) < 4.78 is 43.4. The number of carbonyl (C=O) groups excluding carboxylic acids is 2. The minimum atomic E-state index is -4.55. The summed E-state index contributed by atoms with van der Waals surface area (Å²) >= 11 is 0.946. The number of fused-ring (bicyclic) bond motifs is 1. The third kappa shape index (κ3) is 4.64. The number of amides is 2. The zero-order chi connectivity index (χ0) is 22.1. The predicted molar refractivity (Wildman–Crippen MR) is 103 cm³/mol. The second kappa shape index (κ2) is 8.22. The molecule has 0 saturated carbocycles. The van der Waals surface area contributed by atoms with Gasteiger partial charge in [0.25, 0.3) is 5.69 Å². The van der Waals surface area contributed by atoms with E-state index < -0.39 is 33.7 Å². The Morgan fingerprint density at radius 3 is 2.67 bits per heavy atom. The fraction of sp³-hybridized carbons (Fsp3) is 0.222. The van der Waals surface area contributed by atoms with E-state index in [9.17, 15) is 32.9 Å². The normalized spacial score (nSPS) is 15.7. The average molecular weight is 441 g/mol. The second-order valence-electron chi connectivity index (χ2n) is 6.20. The fourth-order valence-corrected chi connectivity index (χ4v) is 3.82. The Labute approximate surface area is 171 Å². The molecule has 0 aromatic heterocycles. The maximum absolute atomic E-state index is 12.8. The van der Waals surface area contributed by atoms with E-state index in [1.807, 2.05) is 0 Å². The molecule has 1 heterocycles. The van der Waals surface area contributed by atoms with Crippen LogP contribution in [0.2, 0.25) is 0 Å². The lowest BCUT2D eigenvalue weighted by molar-refractivity contribution is -0.384. The van der Waals surface area contributed by atoms with Crippen molar-refractivity contribution in [1.82, 2.24) is 0 Å². The van der Waals surface area contributed by atoms with Crippen LogP contribution in [0.15, 0.2) is 41.3 Å². The number of alkyl halides is 3. The molecule has 2 aromatic rings. The standard InChI is InChI=1S/C18H14F3N3O5S/c1-29-10-3-4-11(13(7-10)24(27)28)22-16(25)8-15-17(26)23-12-6-9(18(19,20)21)2-5-14(12)30-15/h2-7,15H,8H2,1H3,(H,22,25)(H,23,26). The van der Waals surface area contributed by atoms with Gasteiger partial charge in [0.15, 0.2) is 0 Å². The van der Waals surface area contributed by atoms with Crippen molar-refractivity contribution in [2.24, 2.45) is 0 Å². The number of thioether (sulfide) groups is 1. The largest absolute Gasteiger partial charge is 0.496 e. The van der Waals surface area contributed by atoms with Gasteiger partial charge in [0.2, 0.25) is 11.8 Å². The van der Waals surface area contributed by atoms with E-state index in [-0.39, 0.29) is 29.2 Å². The summed E-state index contributed by atoms with van der Waals surface area (Å²) in [6.45, 7) is 0. The lowest BCUT2D eigenvalue weighted by Crippen LogP contribution is -2.32. The van der Waals surface area contributed by atoms with Crippen LogP contribution in [0.1, 0.15) is 12.0 Å². The smallest absolute Gasteiger partial charge is 0.416 e. The number of carbonyl (C=O) groups is 2. The number of rotatable bonds is 5. The van der Waals surface area contributed by atoms with E-state index in [1.165, 1.54) is 25.3 Å². The topological polar surface area (TPSA) is 111 Å². The summed E-state index contributed by atoms with van der Waals surface area (Å²) in [5, 5.41) is 15.0. The third-order valence-electron chi connectivity index (χ3n) is 4.17. The maximum Gasteiger partial charge on any atom is 0.416 e. The number of nitrogens with zero attached hydrogens (tertiary/aromatic N) is 1. The quantitative estimate of drug-likeness (QED) is 0.535. The molecule has 2 N–H and O–H groups in total. The van der Waals surface area contributed by atoms with Crippen molar-refractivity contribution >= 4 is 40.6 Å². The molecule has 1 atom stereocenters. The van der Waals surface area contributed by atoms with E-state index in [0.717, 1.165) is 30.0 Å². The number of hydrogen-bond donors (Lipinski definition) is 2. The molecule has 3 rings (SSSR count). The van der Waals surface area contributed by atoms with Crippen LogP contribution in [0.5, 0.6) is 5.75 Å². The maximum atomic E-state index is 12.8. The summed E-state index contributed by atoms with van der Waals surface area (Å²) in [5.41, 5.74) is -1.33. The fourth-order valence-electron chi connectivity index (χ4n) is 2.73. The highest BCUT2D eigenvalue weighted by Crippen LogP contribution is 2.40. The Hall–Kier alpha value is -3.28. The van der Waals surface area contributed by atoms with E-state index in [0.29, 0.717) is 4.90 Å². The highest BCUT2D eigenvalue weighted by molar-refractivity contribution is 8.01. The van der Waals surface area contributed by atoms with Crippen LogP contribution in [0.25, 0.3) is 0 Å². The number of ether oxygens (including phenoxy) is 1. The Morgan fingerprint density at radius 1 is 1.30 bits per heavy atom. The van der Waals surface area contributed by atoms with Crippen LogP contribution in [0, 0.1) is 10.1 Å². The summed E-state index contributed by atoms with van der Waals surface area (Å²) in [5.74, 6) is -1.06. The van der Waals surface area contributed by atoms with Crippen LogP contribution in [0.3, 0.4) is 0 Å². The zero-order valence-corrected chi connectivity index (χ0v) is 16.1. The number of nitro benzene ring substituents is 1. The van der Waals surface area contributed by atoms with Crippen molar-refractivity contribution < 1.29 is 32.4 Å². The van der Waals surface area contributed by atoms with E-state index >= 15 is 0 Å². The van der Waals surface area contributed by atoms with Crippen molar-refractivity contribution in [1.29, 1.82) is 0 Å². The molecular weight excluding hydrogens is 427 g/mol. The monoisotopic (exact) mass is 441 g/mol. The molecule has 30 heavy (non-hydrogen) atoms. The van der Waals surface area contributed by atoms with Gasteiger partial charge in [-0.2, -0.15) is 13.2 Å². The van der Waals surface area contributed by atoms with Gasteiger partial charge in [0, 0.05) is 11.3 Å². The third-order valence-corrected chi connectivity index (χ3v) is 5.45. The lowest BCUT2D eigenvalue weighted by atomic mass is 10.1. The number of halogens is 3. The molecule has 158 valence electrons. The molecule has 2 aromatic carbocycles. The summed E-state index contributed by atoms with van der Waals surface area (Å²) in [7, 11) is 1.34. The molecule has 0 radical (unpaired) electrons. The van der Waals surface area contributed by atoms with Crippen molar-refractivity contribution in [2.75, 3.05) is 17.7 Å². The number of anilines is 2. The van der Waals surface area contributed by atoms with Gasteiger partial charge < -0.3 is 15.4 Å². The minimum absolute atomic E-state index is 0.0160. The number of nitrogens with one attached hydrogen (secondary N) is 2. The van der Waals surface area contributed by atoms with Crippen LogP contribution < -0.4 is 15.4 Å². The van der Waals surface area contributed by atoms with Crippen molar-refractivity contribution in [3.8, 4) is 5.75 Å². The number of hydrogen-bond acceptors (Lipinski definition) is 6. The Bertz CT molecular complexity index is 1030. The molecule has 0 saturated heterocycles. The number of benzene rings is 2. The molecule has 12 heteroatoms. The molecule has 1 aliphatic rings. The molecule has 0 fully saturated rings. The van der Waals surface area contributed by atoms with Gasteiger partial charge in [-0.1, -0.05) is 0 Å². The highest BCUT2D eigenvalue weighted by atomic mass is 32.2. The number of methoxy groups -OCH3 is 1. The Kier molecular flexibility index (Phi) is 5.87. The van der Waals surface area contributed by atoms with Gasteiger partial charge in [0.05, 0.1) is 34.6 Å². The van der Waals surface area contributed by atoms with E-state index in [2.05, 4.69) is 10.6 Å². The molecule has 0 spiro atoms. The summed E-state index contributed by atoms with van der Waals surface area (Å²) in [4.78, 5) is 35.5. The first-order valence-corrected chi connectivity index (χ1v) is 9.27. The van der Waals surface area contributed by atoms with Crippen LogP contribution >= 0.6 is 11.8 Å². The van der Waals surface area contributed by atoms with Crippen molar-refractivity contribution in [3.05, 3.63) is 52.1 Å². The lowest BCUT2D eigenvalue weighted by Gasteiger charge is -2.24. The van der Waals surface area contributed by atoms with E-state index in [4.69, 9.17) is 4.74 Å². The van der Waals surface area contributed by atoms with Crippen LogP contribution in [-0.4, -0.2) is 29.1 Å². The minimum Gasteiger partial charge on any atom is -0.496 e. The van der Waals surface area contributed by atoms with Crippen molar-refractivity contribution in [2.45, 2.75) is 22.7 Å². The van der Waals surface area contributed by atoms with E-state index in [1.54, 1.807) is 0 Å². The first-order valence-electron chi connectivity index (χ1n) is 8.39. The second-order valence-corrected chi connectivity index (χ2v) is 7.44. The van der Waals surface area contributed by atoms with Gasteiger partial charge in [-0.15, -0.1) is 11.8 Å². The average Bonchev–Trinajstić information content (AvgIpc) is 2.67. The molecule has 0 aliphatic carbocycles. The van der Waals surface area contributed by atoms with Gasteiger partial charge in [-0.25, -0.2) is 0 Å². The SMILES string of the molecule is COc1ccc(NC(=O)CC2Sc3ccc(C(F)(F)F)cc3NC2=O)c([N+](=O)[O-])c1. The molecule has 8 nitrogen and oxygen atoms in total. The van der Waals surface area contributed by atoms with Crippen molar-refractivity contribution in [3.63, 3.8) is 0 Å². The Balaban J connectivity index is 1.73. The summed E-state index contributed by atoms with van der Waals surface area (Å²) in [6, 6.07) is 6.82. The predicted octanol–water partition coefficient (Wildman–Crippen LogP) is 4.06. The van der Waals surface area contributed by atoms with Gasteiger partial charge >= 0.3 is 6.18 Å². The first-order chi connectivity index (χ1) is 14.1. The Morgan fingerprint density at radius 2 is 2.03 bits per heavy atom. The first kappa shape index (κ1) is 21.4. The molecular formula is C18H14F3N3O5S.